The molecule has 4 nitrogen and oxygen atoms in total. The molecule has 1 fully saturated rings. The van der Waals surface area contributed by atoms with Crippen molar-refractivity contribution < 1.29 is 0 Å². The van der Waals surface area contributed by atoms with E-state index in [9.17, 15) is 4.79 Å². The van der Waals surface area contributed by atoms with E-state index in [4.69, 9.17) is 0 Å². The Hall–Kier alpha value is -1.94. The zero-order valence-electron chi connectivity index (χ0n) is 15.4. The second kappa shape index (κ2) is 8.43. The molecule has 1 N–H and O–H groups in total. The Morgan fingerprint density at radius 1 is 1.24 bits per heavy atom. The first kappa shape index (κ1) is 17.9. The van der Waals surface area contributed by atoms with Crippen molar-refractivity contribution in [1.82, 2.24) is 14.9 Å². The molecule has 4 heteroatoms. The lowest BCUT2D eigenvalue weighted by Crippen LogP contribution is -2.36. The van der Waals surface area contributed by atoms with E-state index in [1.165, 1.54) is 31.4 Å². The molecule has 3 rings (SSSR count). The average molecular weight is 339 g/mol. The van der Waals surface area contributed by atoms with Crippen molar-refractivity contribution in [2.24, 2.45) is 0 Å². The maximum Gasteiger partial charge on any atom is 0.251 e. The van der Waals surface area contributed by atoms with Crippen LogP contribution in [0.5, 0.6) is 0 Å². The highest BCUT2D eigenvalue weighted by Crippen LogP contribution is 2.21. The van der Waals surface area contributed by atoms with Gasteiger partial charge in [0.1, 0.15) is 5.82 Å². The molecule has 1 atom stereocenters. The lowest BCUT2D eigenvalue weighted by Gasteiger charge is -2.33. The summed E-state index contributed by atoms with van der Waals surface area (Å²) in [6.45, 7) is 6.67. The predicted octanol–water partition coefficient (Wildman–Crippen LogP) is 4.15. The standard InChI is InChI=1S/C21H29N3O/c1-3-4-8-19-14-20(25)23-21(22-19)18-11-9-17(10-12-18)15-24-13-6-5-7-16(24)2/h9-12,14,16H,3-8,13,15H2,1-2H3,(H,22,23,25). The molecule has 2 aromatic rings. The zero-order chi connectivity index (χ0) is 17.6. The van der Waals surface area contributed by atoms with Gasteiger partial charge in [-0.05, 0) is 44.7 Å². The summed E-state index contributed by atoms with van der Waals surface area (Å²) in [7, 11) is 0. The number of nitrogens with zero attached hydrogens (tertiary/aromatic N) is 2. The molecule has 1 unspecified atom stereocenters. The highest BCUT2D eigenvalue weighted by Gasteiger charge is 2.18. The first-order valence-electron chi connectivity index (χ1n) is 9.59. The summed E-state index contributed by atoms with van der Waals surface area (Å²) in [6.07, 6.45) is 6.98. The van der Waals surface area contributed by atoms with Gasteiger partial charge in [0, 0.05) is 29.9 Å². The number of unbranched alkanes of at least 4 members (excludes halogenated alkanes) is 1. The second-order valence-electron chi connectivity index (χ2n) is 7.20. The third-order valence-corrected chi connectivity index (χ3v) is 5.13. The Balaban J connectivity index is 1.73. The van der Waals surface area contributed by atoms with Crippen molar-refractivity contribution in [3.63, 3.8) is 0 Å². The molecular formula is C21H29N3O. The van der Waals surface area contributed by atoms with Crippen molar-refractivity contribution in [3.8, 4) is 11.4 Å². The molecule has 0 saturated carbocycles. The van der Waals surface area contributed by atoms with Crippen molar-refractivity contribution in [3.05, 3.63) is 51.9 Å². The van der Waals surface area contributed by atoms with E-state index in [2.05, 4.69) is 53.0 Å². The Morgan fingerprint density at radius 2 is 2.04 bits per heavy atom. The van der Waals surface area contributed by atoms with Crippen molar-refractivity contribution in [2.45, 2.75) is 65.0 Å². The number of aryl methyl sites for hydroxylation is 1. The van der Waals surface area contributed by atoms with Gasteiger partial charge in [0.05, 0.1) is 0 Å². The molecule has 1 saturated heterocycles. The van der Waals surface area contributed by atoms with Gasteiger partial charge in [0.15, 0.2) is 0 Å². The van der Waals surface area contributed by atoms with Gasteiger partial charge in [-0.15, -0.1) is 0 Å². The van der Waals surface area contributed by atoms with E-state index in [0.29, 0.717) is 11.9 Å². The Labute approximate surface area is 150 Å². The van der Waals surface area contributed by atoms with Crippen LogP contribution in [0.25, 0.3) is 11.4 Å². The van der Waals surface area contributed by atoms with Crippen LogP contribution in [0.3, 0.4) is 0 Å². The molecular weight excluding hydrogens is 310 g/mol. The lowest BCUT2D eigenvalue weighted by atomic mass is 10.0. The molecule has 1 aliphatic heterocycles. The summed E-state index contributed by atoms with van der Waals surface area (Å²) in [4.78, 5) is 22.0. The summed E-state index contributed by atoms with van der Waals surface area (Å²) in [5.41, 5.74) is 3.11. The number of piperidine rings is 1. The molecule has 1 aromatic heterocycles. The number of likely N-dealkylation sites (tertiary alicyclic amines) is 1. The van der Waals surface area contributed by atoms with Gasteiger partial charge in [-0.3, -0.25) is 9.69 Å². The quantitative estimate of drug-likeness (QED) is 0.860. The van der Waals surface area contributed by atoms with Crippen LogP contribution in [0.15, 0.2) is 35.1 Å². The highest BCUT2D eigenvalue weighted by molar-refractivity contribution is 5.55. The normalized spacial score (nSPS) is 18.4. The topological polar surface area (TPSA) is 49.0 Å². The van der Waals surface area contributed by atoms with Crippen LogP contribution < -0.4 is 5.56 Å². The fraction of sp³-hybridized carbons (Fsp3) is 0.524. The van der Waals surface area contributed by atoms with Gasteiger partial charge in [-0.1, -0.05) is 44.0 Å². The summed E-state index contributed by atoms with van der Waals surface area (Å²) < 4.78 is 0. The molecule has 1 aromatic carbocycles. The van der Waals surface area contributed by atoms with E-state index >= 15 is 0 Å². The third-order valence-electron chi connectivity index (χ3n) is 5.13. The molecule has 0 bridgehead atoms. The minimum atomic E-state index is -0.0673. The van der Waals surface area contributed by atoms with E-state index < -0.39 is 0 Å². The van der Waals surface area contributed by atoms with Gasteiger partial charge in [0.2, 0.25) is 0 Å². The summed E-state index contributed by atoms with van der Waals surface area (Å²) in [5, 5.41) is 0. The van der Waals surface area contributed by atoms with Crippen LogP contribution in [0.1, 0.15) is 57.2 Å². The maximum atomic E-state index is 11.9. The monoisotopic (exact) mass is 339 g/mol. The minimum absolute atomic E-state index is 0.0673. The average Bonchev–Trinajstić information content (AvgIpc) is 2.62. The molecule has 0 spiro atoms. The summed E-state index contributed by atoms with van der Waals surface area (Å²) in [6, 6.07) is 10.8. The van der Waals surface area contributed by atoms with Gasteiger partial charge >= 0.3 is 0 Å². The SMILES string of the molecule is CCCCc1cc(=O)[nH]c(-c2ccc(CN3CCCCC3C)cc2)n1. The molecule has 25 heavy (non-hydrogen) atoms. The van der Waals surface area contributed by atoms with Crippen LogP contribution in [-0.2, 0) is 13.0 Å². The van der Waals surface area contributed by atoms with Gasteiger partial charge in [-0.25, -0.2) is 4.98 Å². The van der Waals surface area contributed by atoms with Crippen molar-refractivity contribution in [2.75, 3.05) is 6.54 Å². The van der Waals surface area contributed by atoms with E-state index in [0.717, 1.165) is 37.1 Å². The number of nitrogens with one attached hydrogen (secondary N) is 1. The number of rotatable bonds is 6. The molecule has 134 valence electrons. The number of benzene rings is 1. The number of aromatic nitrogens is 2. The molecule has 1 aliphatic rings. The number of aromatic amines is 1. The Kier molecular flexibility index (Phi) is 6.03. The first-order chi connectivity index (χ1) is 12.2. The fourth-order valence-corrected chi connectivity index (χ4v) is 3.53. The van der Waals surface area contributed by atoms with E-state index in [-0.39, 0.29) is 5.56 Å². The molecule has 2 heterocycles. The van der Waals surface area contributed by atoms with Crippen LogP contribution in [0, 0.1) is 0 Å². The lowest BCUT2D eigenvalue weighted by molar-refractivity contribution is 0.152. The number of H-pyrrole nitrogens is 1. The zero-order valence-corrected chi connectivity index (χ0v) is 15.4. The summed E-state index contributed by atoms with van der Waals surface area (Å²) in [5.74, 6) is 0.677. The summed E-state index contributed by atoms with van der Waals surface area (Å²) >= 11 is 0. The fourth-order valence-electron chi connectivity index (χ4n) is 3.53. The highest BCUT2D eigenvalue weighted by atomic mass is 16.1. The van der Waals surface area contributed by atoms with Crippen LogP contribution in [-0.4, -0.2) is 27.5 Å². The third kappa shape index (κ3) is 4.79. The number of hydrogen-bond acceptors (Lipinski definition) is 3. The van der Waals surface area contributed by atoms with Gasteiger partial charge < -0.3 is 4.98 Å². The van der Waals surface area contributed by atoms with E-state index in [1.54, 1.807) is 6.07 Å². The van der Waals surface area contributed by atoms with Crippen LogP contribution in [0.2, 0.25) is 0 Å². The largest absolute Gasteiger partial charge is 0.307 e. The van der Waals surface area contributed by atoms with Crippen LogP contribution >= 0.6 is 0 Å². The predicted molar refractivity (Wildman–Crippen MR) is 103 cm³/mol. The maximum absolute atomic E-state index is 11.9. The Bertz CT molecular complexity index is 736. The van der Waals surface area contributed by atoms with Crippen molar-refractivity contribution >= 4 is 0 Å². The van der Waals surface area contributed by atoms with Gasteiger partial charge in [0.25, 0.3) is 5.56 Å². The number of hydrogen-bond donors (Lipinski definition) is 1. The van der Waals surface area contributed by atoms with Gasteiger partial charge in [-0.2, -0.15) is 0 Å². The first-order valence-corrected chi connectivity index (χ1v) is 9.59. The van der Waals surface area contributed by atoms with E-state index in [1.807, 2.05) is 0 Å². The van der Waals surface area contributed by atoms with Crippen molar-refractivity contribution in [1.29, 1.82) is 0 Å². The molecule has 0 amide bonds. The Morgan fingerprint density at radius 3 is 2.76 bits per heavy atom. The van der Waals surface area contributed by atoms with Crippen LogP contribution in [0.4, 0.5) is 0 Å². The molecule has 0 aliphatic carbocycles. The minimum Gasteiger partial charge on any atom is -0.307 e. The molecule has 0 radical (unpaired) electrons. The second-order valence-corrected chi connectivity index (χ2v) is 7.20. The smallest absolute Gasteiger partial charge is 0.251 e.